The van der Waals surface area contributed by atoms with Gasteiger partial charge in [-0.2, -0.15) is 0 Å². The Morgan fingerprint density at radius 3 is 3.00 bits per heavy atom. The summed E-state index contributed by atoms with van der Waals surface area (Å²) in [5.74, 6) is 0.300. The standard InChI is InChI=1S/C10H13ClN2OS/c1-13(9-3-2-8(11)15-9)10(14)7-4-5-12-6-7/h2-3,7,12H,4-6H2,1H3. The summed E-state index contributed by atoms with van der Waals surface area (Å²) in [7, 11) is 1.81. The van der Waals surface area contributed by atoms with Crippen LogP contribution in [0.5, 0.6) is 0 Å². The topological polar surface area (TPSA) is 32.3 Å². The minimum atomic E-state index is 0.121. The molecule has 5 heteroatoms. The summed E-state index contributed by atoms with van der Waals surface area (Å²) in [5.41, 5.74) is 0. The van der Waals surface area contributed by atoms with E-state index in [0.29, 0.717) is 4.34 Å². The van der Waals surface area contributed by atoms with Crippen LogP contribution >= 0.6 is 22.9 Å². The molecule has 1 aromatic heterocycles. The van der Waals surface area contributed by atoms with Gasteiger partial charge in [-0.3, -0.25) is 4.79 Å². The lowest BCUT2D eigenvalue weighted by Crippen LogP contribution is -2.33. The number of rotatable bonds is 2. The molecule has 15 heavy (non-hydrogen) atoms. The molecule has 0 spiro atoms. The van der Waals surface area contributed by atoms with Gasteiger partial charge in [0.2, 0.25) is 5.91 Å². The number of hydrogen-bond donors (Lipinski definition) is 1. The van der Waals surface area contributed by atoms with Gasteiger partial charge in [-0.25, -0.2) is 0 Å². The smallest absolute Gasteiger partial charge is 0.231 e. The number of halogens is 1. The summed E-state index contributed by atoms with van der Waals surface area (Å²) < 4.78 is 0.717. The minimum absolute atomic E-state index is 0.121. The second kappa shape index (κ2) is 4.51. The first-order valence-corrected chi connectivity index (χ1v) is 6.11. The van der Waals surface area contributed by atoms with Gasteiger partial charge in [0.1, 0.15) is 0 Å². The Morgan fingerprint density at radius 1 is 1.67 bits per heavy atom. The van der Waals surface area contributed by atoms with Gasteiger partial charge in [0.05, 0.1) is 15.3 Å². The third-order valence-electron chi connectivity index (χ3n) is 2.63. The first-order chi connectivity index (χ1) is 7.18. The van der Waals surface area contributed by atoms with Crippen LogP contribution in [-0.4, -0.2) is 26.0 Å². The van der Waals surface area contributed by atoms with Crippen LogP contribution in [0.1, 0.15) is 6.42 Å². The summed E-state index contributed by atoms with van der Waals surface area (Å²) in [6.07, 6.45) is 0.933. The van der Waals surface area contributed by atoms with E-state index in [9.17, 15) is 4.79 Å². The van der Waals surface area contributed by atoms with E-state index < -0.39 is 0 Å². The molecule has 2 rings (SSSR count). The molecule has 2 heterocycles. The van der Waals surface area contributed by atoms with Gasteiger partial charge in [-0.15, -0.1) is 11.3 Å². The normalized spacial score (nSPS) is 20.5. The fourth-order valence-corrected chi connectivity index (χ4v) is 2.73. The van der Waals surface area contributed by atoms with Crippen LogP contribution in [-0.2, 0) is 4.79 Å². The van der Waals surface area contributed by atoms with Crippen molar-refractivity contribution in [3.05, 3.63) is 16.5 Å². The van der Waals surface area contributed by atoms with Crippen molar-refractivity contribution in [2.45, 2.75) is 6.42 Å². The number of carbonyl (C=O) groups excluding carboxylic acids is 1. The van der Waals surface area contributed by atoms with Crippen molar-refractivity contribution in [3.63, 3.8) is 0 Å². The molecule has 0 saturated carbocycles. The monoisotopic (exact) mass is 244 g/mol. The third kappa shape index (κ3) is 2.33. The van der Waals surface area contributed by atoms with Crippen LogP contribution in [0.3, 0.4) is 0 Å². The van der Waals surface area contributed by atoms with Crippen molar-refractivity contribution < 1.29 is 4.79 Å². The van der Waals surface area contributed by atoms with Crippen molar-refractivity contribution >= 4 is 33.8 Å². The Hall–Kier alpha value is -0.580. The van der Waals surface area contributed by atoms with E-state index in [-0.39, 0.29) is 11.8 Å². The highest BCUT2D eigenvalue weighted by Gasteiger charge is 2.26. The minimum Gasteiger partial charge on any atom is -0.316 e. The number of nitrogens with zero attached hydrogens (tertiary/aromatic N) is 1. The lowest BCUT2D eigenvalue weighted by Gasteiger charge is -2.18. The molecule has 0 aliphatic carbocycles. The van der Waals surface area contributed by atoms with Gasteiger partial charge in [0, 0.05) is 13.6 Å². The number of anilines is 1. The summed E-state index contributed by atoms with van der Waals surface area (Å²) in [5, 5.41) is 4.11. The Bertz CT molecular complexity index is 360. The summed E-state index contributed by atoms with van der Waals surface area (Å²) in [4.78, 5) is 13.7. The fourth-order valence-electron chi connectivity index (χ4n) is 1.73. The maximum atomic E-state index is 12.0. The van der Waals surface area contributed by atoms with Crippen molar-refractivity contribution in [1.29, 1.82) is 0 Å². The number of thiophene rings is 1. The molecule has 1 fully saturated rings. The SMILES string of the molecule is CN(C(=O)C1CCNC1)c1ccc(Cl)s1. The molecule has 82 valence electrons. The van der Waals surface area contributed by atoms with E-state index in [4.69, 9.17) is 11.6 Å². The molecule has 0 aromatic carbocycles. The van der Waals surface area contributed by atoms with Gasteiger partial charge in [-0.1, -0.05) is 11.6 Å². The summed E-state index contributed by atoms with van der Waals surface area (Å²) >= 11 is 7.27. The van der Waals surface area contributed by atoms with Crippen LogP contribution in [0.4, 0.5) is 5.00 Å². The zero-order valence-electron chi connectivity index (χ0n) is 8.50. The molecule has 1 N–H and O–H groups in total. The lowest BCUT2D eigenvalue weighted by molar-refractivity contribution is -0.121. The maximum Gasteiger partial charge on any atom is 0.231 e. The van der Waals surface area contributed by atoms with Crippen LogP contribution in [0, 0.1) is 5.92 Å². The average Bonchev–Trinajstić information content (AvgIpc) is 2.85. The van der Waals surface area contributed by atoms with Crippen molar-refractivity contribution in [2.24, 2.45) is 5.92 Å². The Balaban J connectivity index is 2.06. The molecular formula is C10H13ClN2OS. The van der Waals surface area contributed by atoms with Crippen LogP contribution in [0.25, 0.3) is 0 Å². The molecule has 1 unspecified atom stereocenters. The van der Waals surface area contributed by atoms with E-state index in [1.165, 1.54) is 11.3 Å². The second-order valence-corrected chi connectivity index (χ2v) is 5.36. The Kier molecular flexibility index (Phi) is 3.29. The Labute approximate surface area is 98.0 Å². The van der Waals surface area contributed by atoms with E-state index in [2.05, 4.69) is 5.32 Å². The van der Waals surface area contributed by atoms with E-state index in [1.807, 2.05) is 19.2 Å². The lowest BCUT2D eigenvalue weighted by atomic mass is 10.1. The number of hydrogen-bond acceptors (Lipinski definition) is 3. The fraction of sp³-hybridized carbons (Fsp3) is 0.500. The van der Waals surface area contributed by atoms with Crippen LogP contribution in [0.2, 0.25) is 4.34 Å². The van der Waals surface area contributed by atoms with E-state index in [0.717, 1.165) is 24.5 Å². The van der Waals surface area contributed by atoms with Gasteiger partial charge >= 0.3 is 0 Å². The maximum absolute atomic E-state index is 12.0. The summed E-state index contributed by atoms with van der Waals surface area (Å²) in [6, 6.07) is 3.70. The van der Waals surface area contributed by atoms with E-state index >= 15 is 0 Å². The predicted molar refractivity (Wildman–Crippen MR) is 63.7 cm³/mol. The van der Waals surface area contributed by atoms with Crippen molar-refractivity contribution in [3.8, 4) is 0 Å². The first kappa shape index (κ1) is 10.9. The van der Waals surface area contributed by atoms with E-state index in [1.54, 1.807) is 4.90 Å². The summed E-state index contributed by atoms with van der Waals surface area (Å²) in [6.45, 7) is 1.73. The molecule has 1 aliphatic rings. The van der Waals surface area contributed by atoms with Crippen LogP contribution in [0.15, 0.2) is 12.1 Å². The largest absolute Gasteiger partial charge is 0.316 e. The highest BCUT2D eigenvalue weighted by molar-refractivity contribution is 7.20. The van der Waals surface area contributed by atoms with Gasteiger partial charge in [0.25, 0.3) is 0 Å². The molecule has 1 atom stereocenters. The molecule has 1 saturated heterocycles. The van der Waals surface area contributed by atoms with Crippen LogP contribution < -0.4 is 10.2 Å². The molecule has 1 aromatic rings. The predicted octanol–water partition coefficient (Wildman–Crippen LogP) is 1.97. The number of amides is 1. The van der Waals surface area contributed by atoms with Crippen molar-refractivity contribution in [1.82, 2.24) is 5.32 Å². The molecule has 0 radical (unpaired) electrons. The van der Waals surface area contributed by atoms with Gasteiger partial charge < -0.3 is 10.2 Å². The van der Waals surface area contributed by atoms with Gasteiger partial charge in [-0.05, 0) is 25.1 Å². The zero-order chi connectivity index (χ0) is 10.8. The van der Waals surface area contributed by atoms with Crippen molar-refractivity contribution in [2.75, 3.05) is 25.0 Å². The first-order valence-electron chi connectivity index (χ1n) is 4.92. The van der Waals surface area contributed by atoms with Gasteiger partial charge in [0.15, 0.2) is 0 Å². The highest BCUT2D eigenvalue weighted by Crippen LogP contribution is 2.30. The quantitative estimate of drug-likeness (QED) is 0.863. The number of nitrogens with one attached hydrogen (secondary N) is 1. The Morgan fingerprint density at radius 2 is 2.47 bits per heavy atom. The molecule has 0 bridgehead atoms. The second-order valence-electron chi connectivity index (χ2n) is 3.66. The molecule has 1 amide bonds. The molecular weight excluding hydrogens is 232 g/mol. The third-order valence-corrected chi connectivity index (χ3v) is 3.94. The molecule has 1 aliphatic heterocycles. The highest BCUT2D eigenvalue weighted by atomic mass is 35.5. The molecule has 3 nitrogen and oxygen atoms in total. The number of carbonyl (C=O) groups is 1. The average molecular weight is 245 g/mol. The zero-order valence-corrected chi connectivity index (χ0v) is 10.1.